The Bertz CT molecular complexity index is 399. The number of nitrogens with zero attached hydrogens (tertiary/aromatic N) is 1. The van der Waals surface area contributed by atoms with Crippen molar-refractivity contribution >= 4 is 17.7 Å². The van der Waals surface area contributed by atoms with E-state index in [1.54, 1.807) is 18.0 Å². The first-order valence-corrected chi connectivity index (χ1v) is 7.23. The zero-order valence-corrected chi connectivity index (χ0v) is 12.4. The SMILES string of the molecule is CCc1cnccc1CNC(=O)CSC(C)(C)C. The van der Waals surface area contributed by atoms with Crippen LogP contribution in [0, 0.1) is 0 Å². The minimum Gasteiger partial charge on any atom is -0.351 e. The number of rotatable bonds is 5. The Morgan fingerprint density at radius 2 is 2.11 bits per heavy atom. The molecule has 100 valence electrons. The van der Waals surface area contributed by atoms with Crippen LogP contribution in [-0.2, 0) is 17.8 Å². The summed E-state index contributed by atoms with van der Waals surface area (Å²) >= 11 is 1.66. The Balaban J connectivity index is 2.43. The molecular formula is C14H22N2OS. The molecule has 0 aliphatic carbocycles. The third kappa shape index (κ3) is 5.54. The zero-order chi connectivity index (χ0) is 13.6. The molecule has 18 heavy (non-hydrogen) atoms. The summed E-state index contributed by atoms with van der Waals surface area (Å²) in [7, 11) is 0. The summed E-state index contributed by atoms with van der Waals surface area (Å²) in [5, 5.41) is 2.96. The van der Waals surface area contributed by atoms with Crippen LogP contribution < -0.4 is 5.32 Å². The van der Waals surface area contributed by atoms with Gasteiger partial charge in [0.25, 0.3) is 0 Å². The van der Waals surface area contributed by atoms with Crippen LogP contribution in [-0.4, -0.2) is 21.4 Å². The average Bonchev–Trinajstić information content (AvgIpc) is 2.33. The molecule has 1 heterocycles. The second kappa shape index (κ2) is 6.78. The number of aryl methyl sites for hydroxylation is 1. The molecule has 0 saturated heterocycles. The number of thioether (sulfide) groups is 1. The minimum atomic E-state index is 0.0915. The number of hydrogen-bond donors (Lipinski definition) is 1. The van der Waals surface area contributed by atoms with E-state index >= 15 is 0 Å². The van der Waals surface area contributed by atoms with Gasteiger partial charge in [-0.05, 0) is 23.6 Å². The maximum atomic E-state index is 11.7. The summed E-state index contributed by atoms with van der Waals surface area (Å²) in [5.74, 6) is 0.601. The highest BCUT2D eigenvalue weighted by molar-refractivity contribution is 8.01. The summed E-state index contributed by atoms with van der Waals surface area (Å²) in [6, 6.07) is 1.97. The smallest absolute Gasteiger partial charge is 0.230 e. The van der Waals surface area contributed by atoms with Crippen LogP contribution in [0.3, 0.4) is 0 Å². The van der Waals surface area contributed by atoms with Crippen molar-refractivity contribution in [1.29, 1.82) is 0 Å². The van der Waals surface area contributed by atoms with Crippen LogP contribution >= 0.6 is 11.8 Å². The van der Waals surface area contributed by atoms with E-state index in [1.165, 1.54) is 5.56 Å². The lowest BCUT2D eigenvalue weighted by atomic mass is 10.1. The molecule has 0 aromatic carbocycles. The van der Waals surface area contributed by atoms with Gasteiger partial charge in [-0.1, -0.05) is 27.7 Å². The van der Waals surface area contributed by atoms with Gasteiger partial charge in [0, 0.05) is 23.7 Å². The lowest BCUT2D eigenvalue weighted by Crippen LogP contribution is -2.27. The summed E-state index contributed by atoms with van der Waals surface area (Å²) < 4.78 is 0.128. The maximum Gasteiger partial charge on any atom is 0.230 e. The highest BCUT2D eigenvalue weighted by Gasteiger charge is 2.13. The summed E-state index contributed by atoms with van der Waals surface area (Å²) in [5.41, 5.74) is 2.35. The molecule has 1 amide bonds. The lowest BCUT2D eigenvalue weighted by Gasteiger charge is -2.17. The van der Waals surface area contributed by atoms with Gasteiger partial charge in [0.15, 0.2) is 0 Å². The first kappa shape index (κ1) is 15.0. The predicted octanol–water partition coefficient (Wildman–Crippen LogP) is 2.79. The number of aromatic nitrogens is 1. The molecule has 0 spiro atoms. The normalized spacial score (nSPS) is 11.3. The Morgan fingerprint density at radius 3 is 2.72 bits per heavy atom. The van der Waals surface area contributed by atoms with Gasteiger partial charge in [0.1, 0.15) is 0 Å². The van der Waals surface area contributed by atoms with Crippen LogP contribution in [0.5, 0.6) is 0 Å². The molecule has 1 rings (SSSR count). The summed E-state index contributed by atoms with van der Waals surface area (Å²) in [6.45, 7) is 9.03. The molecular weight excluding hydrogens is 244 g/mol. The van der Waals surface area contributed by atoms with Gasteiger partial charge in [0.05, 0.1) is 5.75 Å². The number of nitrogens with one attached hydrogen (secondary N) is 1. The molecule has 0 unspecified atom stereocenters. The first-order valence-electron chi connectivity index (χ1n) is 6.25. The molecule has 4 heteroatoms. The van der Waals surface area contributed by atoms with Crippen molar-refractivity contribution < 1.29 is 4.79 Å². The fraction of sp³-hybridized carbons (Fsp3) is 0.571. The van der Waals surface area contributed by atoms with Gasteiger partial charge in [0.2, 0.25) is 5.91 Å². The fourth-order valence-electron chi connectivity index (χ4n) is 1.47. The van der Waals surface area contributed by atoms with Crippen molar-refractivity contribution in [3.8, 4) is 0 Å². The van der Waals surface area contributed by atoms with Gasteiger partial charge >= 0.3 is 0 Å². The zero-order valence-electron chi connectivity index (χ0n) is 11.6. The molecule has 1 aromatic rings. The third-order valence-corrected chi connectivity index (χ3v) is 3.77. The van der Waals surface area contributed by atoms with Crippen molar-refractivity contribution in [2.24, 2.45) is 0 Å². The molecule has 0 fully saturated rings. The van der Waals surface area contributed by atoms with E-state index in [0.717, 1.165) is 12.0 Å². The molecule has 3 nitrogen and oxygen atoms in total. The van der Waals surface area contributed by atoms with Crippen LogP contribution in [0.1, 0.15) is 38.8 Å². The Kier molecular flexibility index (Phi) is 5.66. The second-order valence-corrected chi connectivity index (χ2v) is 6.98. The summed E-state index contributed by atoms with van der Waals surface area (Å²) in [6.07, 6.45) is 4.58. The van der Waals surface area contributed by atoms with E-state index < -0.39 is 0 Å². The molecule has 1 N–H and O–H groups in total. The number of hydrogen-bond acceptors (Lipinski definition) is 3. The quantitative estimate of drug-likeness (QED) is 0.891. The van der Waals surface area contributed by atoms with E-state index in [4.69, 9.17) is 0 Å². The molecule has 1 aromatic heterocycles. The first-order chi connectivity index (χ1) is 8.42. The maximum absolute atomic E-state index is 11.7. The molecule has 0 saturated carbocycles. The van der Waals surface area contributed by atoms with Gasteiger partial charge in [-0.15, -0.1) is 11.8 Å². The molecule has 0 aliphatic rings. The average molecular weight is 266 g/mol. The standard InChI is InChI=1S/C14H22N2OS/c1-5-11-8-15-7-6-12(11)9-16-13(17)10-18-14(2,3)4/h6-8H,5,9-10H2,1-4H3,(H,16,17). The van der Waals surface area contributed by atoms with Crippen LogP contribution in [0.2, 0.25) is 0 Å². The van der Waals surface area contributed by atoms with E-state index in [9.17, 15) is 4.79 Å². The Hall–Kier alpha value is -1.03. The van der Waals surface area contributed by atoms with Crippen molar-refractivity contribution in [3.05, 3.63) is 29.6 Å². The van der Waals surface area contributed by atoms with Gasteiger partial charge in [-0.3, -0.25) is 9.78 Å². The predicted molar refractivity (Wildman–Crippen MR) is 77.7 cm³/mol. The molecule has 0 atom stereocenters. The van der Waals surface area contributed by atoms with Gasteiger partial charge < -0.3 is 5.32 Å². The van der Waals surface area contributed by atoms with E-state index in [0.29, 0.717) is 12.3 Å². The van der Waals surface area contributed by atoms with E-state index in [-0.39, 0.29) is 10.7 Å². The highest BCUT2D eigenvalue weighted by Crippen LogP contribution is 2.22. The minimum absolute atomic E-state index is 0.0915. The van der Waals surface area contributed by atoms with Crippen molar-refractivity contribution in [2.45, 2.75) is 45.4 Å². The largest absolute Gasteiger partial charge is 0.351 e. The molecule has 0 aliphatic heterocycles. The van der Waals surface area contributed by atoms with E-state index in [2.05, 4.69) is 38.0 Å². The second-order valence-electron chi connectivity index (χ2n) is 5.18. The Morgan fingerprint density at radius 1 is 1.39 bits per heavy atom. The van der Waals surface area contributed by atoms with Crippen LogP contribution in [0.25, 0.3) is 0 Å². The lowest BCUT2D eigenvalue weighted by molar-refractivity contribution is -0.118. The number of amides is 1. The van der Waals surface area contributed by atoms with Crippen LogP contribution in [0.15, 0.2) is 18.5 Å². The van der Waals surface area contributed by atoms with Gasteiger partial charge in [-0.25, -0.2) is 0 Å². The number of carbonyl (C=O) groups is 1. The van der Waals surface area contributed by atoms with Crippen molar-refractivity contribution in [2.75, 3.05) is 5.75 Å². The molecule has 0 radical (unpaired) electrons. The number of pyridine rings is 1. The highest BCUT2D eigenvalue weighted by atomic mass is 32.2. The van der Waals surface area contributed by atoms with Crippen molar-refractivity contribution in [1.82, 2.24) is 10.3 Å². The van der Waals surface area contributed by atoms with E-state index in [1.807, 2.05) is 12.3 Å². The summed E-state index contributed by atoms with van der Waals surface area (Å²) in [4.78, 5) is 15.8. The monoisotopic (exact) mass is 266 g/mol. The fourth-order valence-corrected chi connectivity index (χ4v) is 2.14. The van der Waals surface area contributed by atoms with Gasteiger partial charge in [-0.2, -0.15) is 0 Å². The molecule has 0 bridgehead atoms. The van der Waals surface area contributed by atoms with Crippen molar-refractivity contribution in [3.63, 3.8) is 0 Å². The Labute approximate surface area is 114 Å². The topological polar surface area (TPSA) is 42.0 Å². The number of carbonyl (C=O) groups excluding carboxylic acids is 1. The third-order valence-electron chi connectivity index (χ3n) is 2.50. The van der Waals surface area contributed by atoms with Crippen LogP contribution in [0.4, 0.5) is 0 Å².